The van der Waals surface area contributed by atoms with Crippen molar-refractivity contribution < 1.29 is 4.79 Å². The van der Waals surface area contributed by atoms with Crippen molar-refractivity contribution in [2.24, 2.45) is 0 Å². The van der Waals surface area contributed by atoms with Crippen LogP contribution in [0.4, 0.5) is 11.4 Å². The Kier molecular flexibility index (Phi) is 3.56. The molecule has 2 heterocycles. The molecule has 2 aliphatic heterocycles. The van der Waals surface area contributed by atoms with Crippen LogP contribution in [0.2, 0.25) is 0 Å². The van der Waals surface area contributed by atoms with Gasteiger partial charge >= 0.3 is 0 Å². The zero-order chi connectivity index (χ0) is 15.8. The maximum absolute atomic E-state index is 13.0. The third-order valence-electron chi connectivity index (χ3n) is 5.01. The number of carbonyl (C=O) groups excluding carboxylic acids is 1. The van der Waals surface area contributed by atoms with Crippen LogP contribution in [0.5, 0.6) is 0 Å². The first-order valence-electron chi connectivity index (χ1n) is 8.47. The van der Waals surface area contributed by atoms with Crippen molar-refractivity contribution in [3.8, 4) is 0 Å². The minimum absolute atomic E-state index is 0.208. The van der Waals surface area contributed by atoms with Crippen LogP contribution in [0, 0.1) is 0 Å². The fourth-order valence-electron chi connectivity index (χ4n) is 3.96. The molecule has 0 aromatic heterocycles. The minimum Gasteiger partial charge on any atom is -0.362 e. The summed E-state index contributed by atoms with van der Waals surface area (Å²) in [5.74, 6) is 0.208. The predicted octanol–water partition coefficient (Wildman–Crippen LogP) is 3.42. The van der Waals surface area contributed by atoms with Crippen molar-refractivity contribution in [1.29, 1.82) is 0 Å². The highest BCUT2D eigenvalue weighted by Gasteiger charge is 2.31. The average molecular weight is 306 g/mol. The number of hydrogen-bond donors (Lipinski definition) is 0. The Morgan fingerprint density at radius 1 is 1.04 bits per heavy atom. The number of nitrogens with zero attached hydrogens (tertiary/aromatic N) is 2. The molecule has 0 N–H and O–H groups in total. The Balaban J connectivity index is 1.58. The number of rotatable bonds is 2. The van der Waals surface area contributed by atoms with Crippen molar-refractivity contribution in [2.45, 2.75) is 32.2 Å². The van der Waals surface area contributed by atoms with Gasteiger partial charge in [0.05, 0.1) is 6.54 Å². The Morgan fingerprint density at radius 3 is 2.57 bits per heavy atom. The van der Waals surface area contributed by atoms with Crippen LogP contribution in [0.15, 0.2) is 48.5 Å². The fraction of sp³-hybridized carbons (Fsp3) is 0.350. The SMILES string of the molecule is CC1Cc2ccccc2N1C(=O)CN1CCCc2ccccc21. The third-order valence-corrected chi connectivity index (χ3v) is 5.01. The summed E-state index contributed by atoms with van der Waals surface area (Å²) < 4.78 is 0. The highest BCUT2D eigenvalue weighted by atomic mass is 16.2. The van der Waals surface area contributed by atoms with Crippen LogP contribution in [0.1, 0.15) is 24.5 Å². The molecule has 4 rings (SSSR count). The fourth-order valence-corrected chi connectivity index (χ4v) is 3.96. The summed E-state index contributed by atoms with van der Waals surface area (Å²) in [6.07, 6.45) is 3.19. The van der Waals surface area contributed by atoms with Crippen molar-refractivity contribution in [3.05, 3.63) is 59.7 Å². The first-order valence-corrected chi connectivity index (χ1v) is 8.47. The number of amides is 1. The van der Waals surface area contributed by atoms with E-state index in [0.29, 0.717) is 6.54 Å². The lowest BCUT2D eigenvalue weighted by atomic mass is 10.0. The van der Waals surface area contributed by atoms with Gasteiger partial charge in [0.15, 0.2) is 0 Å². The Hall–Kier alpha value is -2.29. The molecule has 0 bridgehead atoms. The Morgan fingerprint density at radius 2 is 1.74 bits per heavy atom. The van der Waals surface area contributed by atoms with Crippen LogP contribution in [0.3, 0.4) is 0 Å². The van der Waals surface area contributed by atoms with Gasteiger partial charge in [-0.25, -0.2) is 0 Å². The van der Waals surface area contributed by atoms with Crippen LogP contribution in [-0.2, 0) is 17.6 Å². The highest BCUT2D eigenvalue weighted by molar-refractivity contribution is 5.99. The van der Waals surface area contributed by atoms with Gasteiger partial charge in [-0.15, -0.1) is 0 Å². The maximum atomic E-state index is 13.0. The van der Waals surface area contributed by atoms with Crippen molar-refractivity contribution >= 4 is 17.3 Å². The lowest BCUT2D eigenvalue weighted by Crippen LogP contribution is -2.44. The highest BCUT2D eigenvalue weighted by Crippen LogP contribution is 2.33. The minimum atomic E-state index is 0.208. The normalized spacial score (nSPS) is 19.4. The summed E-state index contributed by atoms with van der Waals surface area (Å²) in [5, 5.41) is 0. The summed E-state index contributed by atoms with van der Waals surface area (Å²) >= 11 is 0. The summed E-state index contributed by atoms with van der Waals surface area (Å²) in [5.41, 5.74) is 4.97. The van der Waals surface area contributed by atoms with Gasteiger partial charge in [0.25, 0.3) is 0 Å². The lowest BCUT2D eigenvalue weighted by molar-refractivity contribution is -0.117. The van der Waals surface area contributed by atoms with E-state index in [1.165, 1.54) is 16.8 Å². The average Bonchev–Trinajstić information content (AvgIpc) is 2.91. The molecule has 1 atom stereocenters. The van der Waals surface area contributed by atoms with Gasteiger partial charge < -0.3 is 9.80 Å². The topological polar surface area (TPSA) is 23.6 Å². The maximum Gasteiger partial charge on any atom is 0.246 e. The number of fused-ring (bicyclic) bond motifs is 2. The largest absolute Gasteiger partial charge is 0.362 e. The van der Waals surface area contributed by atoms with Crippen LogP contribution >= 0.6 is 0 Å². The van der Waals surface area contributed by atoms with Crippen molar-refractivity contribution in [3.63, 3.8) is 0 Å². The standard InChI is InChI=1S/C20H22N2O/c1-15-13-17-8-3-5-11-19(17)22(15)20(23)14-21-12-6-9-16-7-2-4-10-18(16)21/h2-5,7-8,10-11,15H,6,9,12-14H2,1H3. The van der Waals surface area contributed by atoms with E-state index < -0.39 is 0 Å². The molecule has 0 saturated carbocycles. The van der Waals surface area contributed by atoms with E-state index in [9.17, 15) is 4.79 Å². The molecule has 0 fully saturated rings. The molecule has 2 aromatic rings. The second-order valence-corrected chi connectivity index (χ2v) is 6.60. The van der Waals surface area contributed by atoms with Crippen molar-refractivity contribution in [1.82, 2.24) is 0 Å². The van der Waals surface area contributed by atoms with Gasteiger partial charge in [0.1, 0.15) is 0 Å². The Labute approximate surface area is 137 Å². The number of aryl methyl sites for hydroxylation is 1. The lowest BCUT2D eigenvalue weighted by Gasteiger charge is -2.33. The second-order valence-electron chi connectivity index (χ2n) is 6.60. The second kappa shape index (κ2) is 5.73. The molecule has 1 amide bonds. The third kappa shape index (κ3) is 2.50. The number of para-hydroxylation sites is 2. The van der Waals surface area contributed by atoms with E-state index >= 15 is 0 Å². The molecular formula is C20H22N2O. The molecular weight excluding hydrogens is 284 g/mol. The van der Waals surface area contributed by atoms with E-state index in [4.69, 9.17) is 0 Å². The van der Waals surface area contributed by atoms with Crippen molar-refractivity contribution in [2.75, 3.05) is 22.9 Å². The number of carbonyl (C=O) groups is 1. The number of benzene rings is 2. The summed E-state index contributed by atoms with van der Waals surface area (Å²) in [4.78, 5) is 17.2. The summed E-state index contributed by atoms with van der Waals surface area (Å²) in [6.45, 7) is 3.57. The van der Waals surface area contributed by atoms with E-state index in [1.807, 2.05) is 11.0 Å². The van der Waals surface area contributed by atoms with Gasteiger partial charge in [0, 0.05) is 24.0 Å². The molecule has 0 aliphatic carbocycles. The summed E-state index contributed by atoms with van der Waals surface area (Å²) in [7, 11) is 0. The quantitative estimate of drug-likeness (QED) is 0.849. The number of anilines is 2. The smallest absolute Gasteiger partial charge is 0.246 e. The van der Waals surface area contributed by atoms with Gasteiger partial charge in [-0.3, -0.25) is 4.79 Å². The molecule has 0 radical (unpaired) electrons. The van der Waals surface area contributed by atoms with Gasteiger partial charge in [-0.2, -0.15) is 0 Å². The first-order chi connectivity index (χ1) is 11.2. The van der Waals surface area contributed by atoms with Crippen LogP contribution in [-0.4, -0.2) is 25.0 Å². The predicted molar refractivity (Wildman–Crippen MR) is 94.1 cm³/mol. The van der Waals surface area contributed by atoms with Gasteiger partial charge in [-0.05, 0) is 49.4 Å². The van der Waals surface area contributed by atoms with E-state index in [1.54, 1.807) is 0 Å². The van der Waals surface area contributed by atoms with Crippen LogP contribution < -0.4 is 9.80 Å². The molecule has 118 valence electrons. The zero-order valence-corrected chi connectivity index (χ0v) is 13.5. The molecule has 3 heteroatoms. The Bertz CT molecular complexity index is 740. The van der Waals surface area contributed by atoms with E-state index in [-0.39, 0.29) is 11.9 Å². The molecule has 23 heavy (non-hydrogen) atoms. The monoisotopic (exact) mass is 306 g/mol. The molecule has 0 spiro atoms. The molecule has 2 aliphatic rings. The van der Waals surface area contributed by atoms with Gasteiger partial charge in [-0.1, -0.05) is 36.4 Å². The van der Waals surface area contributed by atoms with Gasteiger partial charge in [0.2, 0.25) is 5.91 Å². The molecule has 0 saturated heterocycles. The van der Waals surface area contributed by atoms with Crippen LogP contribution in [0.25, 0.3) is 0 Å². The number of hydrogen-bond acceptors (Lipinski definition) is 2. The molecule has 2 aromatic carbocycles. The summed E-state index contributed by atoms with van der Waals surface area (Å²) in [6, 6.07) is 17.0. The molecule has 3 nitrogen and oxygen atoms in total. The molecule has 1 unspecified atom stereocenters. The zero-order valence-electron chi connectivity index (χ0n) is 13.5. The van der Waals surface area contributed by atoms with E-state index in [0.717, 1.165) is 31.5 Å². The van der Waals surface area contributed by atoms with E-state index in [2.05, 4.69) is 54.3 Å². The first kappa shape index (κ1) is 14.3.